The lowest BCUT2D eigenvalue weighted by Gasteiger charge is -2.12. The largest absolute Gasteiger partial charge is 0.423 e. The molecule has 3 aromatic rings. The monoisotopic (exact) mass is 401 g/mol. The van der Waals surface area contributed by atoms with Crippen LogP contribution in [0.4, 0.5) is 5.69 Å². The minimum Gasteiger partial charge on any atom is -0.423 e. The van der Waals surface area contributed by atoms with Crippen LogP contribution in [0.15, 0.2) is 56.6 Å². The van der Waals surface area contributed by atoms with Crippen LogP contribution >= 0.6 is 0 Å². The molecule has 1 amide bonds. The molecule has 1 aromatic heterocycles. The number of carbonyl (C=O) groups is 1. The Bertz CT molecular complexity index is 1210. The van der Waals surface area contributed by atoms with Crippen molar-refractivity contribution in [3.63, 3.8) is 0 Å². The van der Waals surface area contributed by atoms with Gasteiger partial charge in [0.15, 0.2) is 0 Å². The summed E-state index contributed by atoms with van der Waals surface area (Å²) in [6.07, 6.45) is 0.529. The number of nitrogens with one attached hydrogen (secondary N) is 1. The third-order valence-corrected chi connectivity index (χ3v) is 5.42. The fraction of sp³-hybridized carbons (Fsp3) is 0.200. The van der Waals surface area contributed by atoms with Crippen LogP contribution in [0.3, 0.4) is 0 Å². The molecule has 0 bridgehead atoms. The minimum absolute atomic E-state index is 0.0607. The lowest BCUT2D eigenvalue weighted by atomic mass is 10.1. The highest BCUT2D eigenvalue weighted by Gasteiger charge is 2.20. The number of fused-ring (bicyclic) bond motifs is 1. The highest BCUT2D eigenvalue weighted by atomic mass is 32.2. The average Bonchev–Trinajstić information content (AvgIpc) is 2.60. The molecule has 0 saturated heterocycles. The standard InChI is InChI=1S/C20H19NO6S/c1-4-14-10-17-12(2)9-20(23)26-19(17)11-18(14)27-28(24,25)16-7-5-15(6-8-16)21-13(3)22/h5-11H,4H2,1-3H3,(H,21,22). The fourth-order valence-electron chi connectivity index (χ4n) is 2.82. The SMILES string of the molecule is CCc1cc2c(C)cc(=O)oc2cc1OS(=O)(=O)c1ccc(NC(C)=O)cc1. The zero-order chi connectivity index (χ0) is 20.5. The molecule has 0 unspecified atom stereocenters. The van der Waals surface area contributed by atoms with E-state index in [1.165, 1.54) is 43.3 Å². The van der Waals surface area contributed by atoms with Crippen molar-refractivity contribution in [2.45, 2.75) is 32.1 Å². The first kappa shape index (κ1) is 19.6. The summed E-state index contributed by atoms with van der Waals surface area (Å²) in [5.41, 5.74) is 1.63. The van der Waals surface area contributed by atoms with Gasteiger partial charge in [-0.3, -0.25) is 4.79 Å². The van der Waals surface area contributed by atoms with E-state index in [-0.39, 0.29) is 22.1 Å². The Hall–Kier alpha value is -3.13. The topological polar surface area (TPSA) is 103 Å². The molecule has 1 N–H and O–H groups in total. The van der Waals surface area contributed by atoms with Gasteiger partial charge in [-0.2, -0.15) is 8.42 Å². The second kappa shape index (κ2) is 7.47. The van der Waals surface area contributed by atoms with Crippen molar-refractivity contribution >= 4 is 32.7 Å². The van der Waals surface area contributed by atoms with Gasteiger partial charge in [0.1, 0.15) is 16.2 Å². The Morgan fingerprint density at radius 1 is 1.14 bits per heavy atom. The van der Waals surface area contributed by atoms with Crippen molar-refractivity contribution in [3.8, 4) is 5.75 Å². The number of rotatable bonds is 5. The van der Waals surface area contributed by atoms with Gasteiger partial charge >= 0.3 is 15.7 Å². The summed E-state index contributed by atoms with van der Waals surface area (Å²) in [5.74, 6) is -0.151. The molecule has 0 spiro atoms. The van der Waals surface area contributed by atoms with Crippen LogP contribution in [0.1, 0.15) is 25.0 Å². The van der Waals surface area contributed by atoms with Gasteiger partial charge in [-0.05, 0) is 54.8 Å². The van der Waals surface area contributed by atoms with Crippen LogP contribution in [0.5, 0.6) is 5.75 Å². The van der Waals surface area contributed by atoms with Crippen LogP contribution in [0.25, 0.3) is 11.0 Å². The first-order chi connectivity index (χ1) is 13.2. The van der Waals surface area contributed by atoms with Gasteiger partial charge < -0.3 is 13.9 Å². The number of amides is 1. The van der Waals surface area contributed by atoms with Crippen molar-refractivity contribution in [3.05, 3.63) is 64.0 Å². The van der Waals surface area contributed by atoms with E-state index in [0.29, 0.717) is 17.7 Å². The summed E-state index contributed by atoms with van der Waals surface area (Å²) in [7, 11) is -4.11. The number of aryl methyl sites for hydroxylation is 2. The average molecular weight is 401 g/mol. The van der Waals surface area contributed by atoms with Gasteiger partial charge in [0.05, 0.1) is 0 Å². The molecule has 28 heavy (non-hydrogen) atoms. The molecule has 0 aliphatic heterocycles. The second-order valence-electron chi connectivity index (χ2n) is 6.30. The van der Waals surface area contributed by atoms with E-state index in [9.17, 15) is 18.0 Å². The van der Waals surface area contributed by atoms with Crippen LogP contribution < -0.4 is 15.1 Å². The molecule has 7 nitrogen and oxygen atoms in total. The molecule has 0 aliphatic rings. The zero-order valence-electron chi connectivity index (χ0n) is 15.6. The summed E-state index contributed by atoms with van der Waals surface area (Å²) < 4.78 is 35.9. The Labute approximate surface area is 162 Å². The molecule has 0 radical (unpaired) electrons. The summed E-state index contributed by atoms with van der Waals surface area (Å²) in [5, 5.41) is 3.29. The number of carbonyl (C=O) groups excluding carboxylic acids is 1. The van der Waals surface area contributed by atoms with Gasteiger partial charge in [-0.25, -0.2) is 4.79 Å². The Kier molecular flexibility index (Phi) is 5.24. The zero-order valence-corrected chi connectivity index (χ0v) is 16.4. The molecule has 0 atom stereocenters. The fourth-order valence-corrected chi connectivity index (χ4v) is 3.78. The molecular weight excluding hydrogens is 382 g/mol. The predicted molar refractivity (Wildman–Crippen MR) is 105 cm³/mol. The molecule has 3 rings (SSSR count). The van der Waals surface area contributed by atoms with E-state index in [1.807, 2.05) is 6.92 Å². The summed E-state index contributed by atoms with van der Waals surface area (Å²) in [6, 6.07) is 10.2. The maximum absolute atomic E-state index is 12.7. The van der Waals surface area contributed by atoms with Gasteiger partial charge in [0, 0.05) is 30.1 Å². The van der Waals surface area contributed by atoms with E-state index in [0.717, 1.165) is 10.9 Å². The van der Waals surface area contributed by atoms with Crippen LogP contribution in [-0.4, -0.2) is 14.3 Å². The van der Waals surface area contributed by atoms with Crippen LogP contribution in [0, 0.1) is 6.92 Å². The number of hydrogen-bond acceptors (Lipinski definition) is 6. The van der Waals surface area contributed by atoms with Gasteiger partial charge in [-0.15, -0.1) is 0 Å². The van der Waals surface area contributed by atoms with Gasteiger partial charge in [-0.1, -0.05) is 6.92 Å². The summed E-state index contributed by atoms with van der Waals surface area (Å²) in [4.78, 5) is 22.6. The quantitative estimate of drug-likeness (QED) is 0.519. The molecule has 0 aliphatic carbocycles. The van der Waals surface area contributed by atoms with E-state index in [1.54, 1.807) is 13.0 Å². The number of anilines is 1. The van der Waals surface area contributed by atoms with Crippen molar-refractivity contribution in [2.24, 2.45) is 0 Å². The predicted octanol–water partition coefficient (Wildman–Crippen LogP) is 3.39. The minimum atomic E-state index is -4.11. The van der Waals surface area contributed by atoms with Crippen molar-refractivity contribution in [1.29, 1.82) is 0 Å². The van der Waals surface area contributed by atoms with Crippen molar-refractivity contribution in [2.75, 3.05) is 5.32 Å². The second-order valence-corrected chi connectivity index (χ2v) is 7.85. The molecule has 0 saturated carbocycles. The molecular formula is C20H19NO6S. The van der Waals surface area contributed by atoms with E-state index >= 15 is 0 Å². The number of hydrogen-bond donors (Lipinski definition) is 1. The first-order valence-corrected chi connectivity index (χ1v) is 10.00. The smallest absolute Gasteiger partial charge is 0.339 e. The summed E-state index contributed by atoms with van der Waals surface area (Å²) in [6.45, 7) is 5.02. The van der Waals surface area contributed by atoms with Crippen molar-refractivity contribution in [1.82, 2.24) is 0 Å². The maximum Gasteiger partial charge on any atom is 0.339 e. The first-order valence-electron chi connectivity index (χ1n) is 8.59. The molecule has 2 aromatic carbocycles. The molecule has 1 heterocycles. The van der Waals surface area contributed by atoms with Gasteiger partial charge in [0.25, 0.3) is 0 Å². The third kappa shape index (κ3) is 4.07. The normalized spacial score (nSPS) is 11.4. The highest BCUT2D eigenvalue weighted by Crippen LogP contribution is 2.30. The lowest BCUT2D eigenvalue weighted by molar-refractivity contribution is -0.114. The Morgan fingerprint density at radius 2 is 1.82 bits per heavy atom. The van der Waals surface area contributed by atoms with Crippen molar-refractivity contribution < 1.29 is 21.8 Å². The lowest BCUT2D eigenvalue weighted by Crippen LogP contribution is -2.12. The number of benzene rings is 2. The molecule has 8 heteroatoms. The Balaban J connectivity index is 2.00. The highest BCUT2D eigenvalue weighted by molar-refractivity contribution is 7.87. The summed E-state index contributed by atoms with van der Waals surface area (Å²) >= 11 is 0. The van der Waals surface area contributed by atoms with Crippen LogP contribution in [0.2, 0.25) is 0 Å². The molecule has 0 fully saturated rings. The Morgan fingerprint density at radius 3 is 2.43 bits per heavy atom. The van der Waals surface area contributed by atoms with E-state index < -0.39 is 15.7 Å². The van der Waals surface area contributed by atoms with Crippen LogP contribution in [-0.2, 0) is 21.3 Å². The maximum atomic E-state index is 12.7. The van der Waals surface area contributed by atoms with Gasteiger partial charge in [0.2, 0.25) is 5.91 Å². The third-order valence-electron chi connectivity index (χ3n) is 4.18. The van der Waals surface area contributed by atoms with E-state index in [4.69, 9.17) is 8.60 Å². The van der Waals surface area contributed by atoms with E-state index in [2.05, 4.69) is 5.32 Å². The molecule has 146 valence electrons.